The van der Waals surface area contributed by atoms with Crippen LogP contribution < -0.4 is 0 Å². The third-order valence-corrected chi connectivity index (χ3v) is 5.98. The van der Waals surface area contributed by atoms with Gasteiger partial charge in [0.2, 0.25) is 0 Å². The van der Waals surface area contributed by atoms with E-state index in [0.717, 1.165) is 36.8 Å². The van der Waals surface area contributed by atoms with Crippen LogP contribution >= 0.6 is 0 Å². The first-order chi connectivity index (χ1) is 10.4. The monoisotopic (exact) mass is 302 g/mol. The van der Waals surface area contributed by atoms with Crippen LogP contribution in [0.2, 0.25) is 0 Å². The van der Waals surface area contributed by atoms with E-state index in [4.69, 9.17) is 0 Å². The molecule has 0 heterocycles. The highest BCUT2D eigenvalue weighted by Crippen LogP contribution is 2.50. The largest absolute Gasteiger partial charge is 0.508 e. The van der Waals surface area contributed by atoms with Crippen molar-refractivity contribution in [1.82, 2.24) is 0 Å². The number of rotatable bonds is 8. The fraction of sp³-hybridized carbons (Fsp3) is 0.700. The van der Waals surface area contributed by atoms with Crippen LogP contribution in [0.25, 0.3) is 0 Å². The predicted molar refractivity (Wildman–Crippen MR) is 90.3 cm³/mol. The predicted octanol–water partition coefficient (Wildman–Crippen LogP) is 5.34. The van der Waals surface area contributed by atoms with Gasteiger partial charge in [-0.15, -0.1) is 0 Å². The molecule has 2 nitrogen and oxygen atoms in total. The highest BCUT2D eigenvalue weighted by atomic mass is 16.3. The summed E-state index contributed by atoms with van der Waals surface area (Å²) in [6.45, 7) is 4.69. The zero-order valence-electron chi connectivity index (χ0n) is 14.1. The van der Waals surface area contributed by atoms with Crippen molar-refractivity contribution in [3.63, 3.8) is 0 Å². The Balaban J connectivity index is 1.57. The zero-order chi connectivity index (χ0) is 15.8. The molecule has 2 N–H and O–H groups in total. The van der Waals surface area contributed by atoms with E-state index in [9.17, 15) is 10.2 Å². The van der Waals surface area contributed by atoms with E-state index < -0.39 is 0 Å². The molecule has 0 atom stereocenters. The Morgan fingerprint density at radius 1 is 0.864 bits per heavy atom. The Bertz CT molecular complexity index is 539. The van der Waals surface area contributed by atoms with Gasteiger partial charge in [0, 0.05) is 5.56 Å². The molecule has 0 radical (unpaired) electrons. The lowest BCUT2D eigenvalue weighted by atomic mass is 9.94. The molecule has 0 amide bonds. The average molecular weight is 302 g/mol. The number of hydrogen-bond acceptors (Lipinski definition) is 2. The smallest absolute Gasteiger partial charge is 0.125 e. The maximum Gasteiger partial charge on any atom is 0.125 e. The molecule has 1 aromatic carbocycles. The van der Waals surface area contributed by atoms with Gasteiger partial charge in [-0.05, 0) is 86.7 Å². The van der Waals surface area contributed by atoms with Gasteiger partial charge < -0.3 is 10.2 Å². The fourth-order valence-electron chi connectivity index (χ4n) is 3.45. The Kier molecular flexibility index (Phi) is 4.13. The molecule has 3 rings (SSSR count). The van der Waals surface area contributed by atoms with Gasteiger partial charge >= 0.3 is 0 Å². The maximum absolute atomic E-state index is 10.5. The highest BCUT2D eigenvalue weighted by Gasteiger charge is 2.37. The van der Waals surface area contributed by atoms with Gasteiger partial charge in [-0.3, -0.25) is 0 Å². The topological polar surface area (TPSA) is 40.5 Å². The van der Waals surface area contributed by atoms with E-state index >= 15 is 0 Å². The van der Waals surface area contributed by atoms with Crippen LogP contribution in [0.1, 0.15) is 76.3 Å². The molecule has 22 heavy (non-hydrogen) atoms. The standard InChI is InChI=1S/C20H30O2/c1-19(11-12-19)9-3-5-15-7-8-17(21)16(18(15)22)6-4-10-20(2)13-14-20/h7-8,21-22H,3-6,9-14H2,1-2H3. The zero-order valence-corrected chi connectivity index (χ0v) is 14.1. The van der Waals surface area contributed by atoms with Gasteiger partial charge in [-0.1, -0.05) is 19.9 Å². The van der Waals surface area contributed by atoms with Crippen LogP contribution in [0.4, 0.5) is 0 Å². The van der Waals surface area contributed by atoms with Crippen LogP contribution in [0, 0.1) is 10.8 Å². The second-order valence-corrected chi connectivity index (χ2v) is 8.40. The van der Waals surface area contributed by atoms with E-state index in [1.54, 1.807) is 6.07 Å². The number of phenols is 2. The first-order valence-corrected chi connectivity index (χ1v) is 8.94. The molecule has 122 valence electrons. The Morgan fingerprint density at radius 3 is 1.95 bits per heavy atom. The van der Waals surface area contributed by atoms with Crippen molar-refractivity contribution in [3.05, 3.63) is 23.3 Å². The normalized spacial score (nSPS) is 20.8. The van der Waals surface area contributed by atoms with Crippen LogP contribution in [-0.4, -0.2) is 10.2 Å². The molecule has 0 spiro atoms. The van der Waals surface area contributed by atoms with Crippen LogP contribution in [0.3, 0.4) is 0 Å². The van der Waals surface area contributed by atoms with Crippen LogP contribution in [0.15, 0.2) is 12.1 Å². The lowest BCUT2D eigenvalue weighted by Crippen LogP contribution is -1.98. The molecule has 2 aliphatic carbocycles. The Morgan fingerprint density at radius 2 is 1.41 bits per heavy atom. The highest BCUT2D eigenvalue weighted by molar-refractivity contribution is 5.48. The summed E-state index contributed by atoms with van der Waals surface area (Å²) in [5.41, 5.74) is 2.89. The summed E-state index contributed by atoms with van der Waals surface area (Å²) < 4.78 is 0. The third kappa shape index (κ3) is 3.77. The van der Waals surface area contributed by atoms with Crippen molar-refractivity contribution >= 4 is 0 Å². The van der Waals surface area contributed by atoms with Crippen LogP contribution in [0.5, 0.6) is 11.5 Å². The molecular formula is C20H30O2. The van der Waals surface area contributed by atoms with E-state index in [1.165, 1.54) is 38.5 Å². The minimum absolute atomic E-state index is 0.261. The lowest BCUT2D eigenvalue weighted by molar-refractivity contribution is 0.422. The van der Waals surface area contributed by atoms with Crippen LogP contribution in [-0.2, 0) is 12.8 Å². The minimum Gasteiger partial charge on any atom is -0.508 e. The number of aryl methyl sites for hydroxylation is 1. The number of benzene rings is 1. The van der Waals surface area contributed by atoms with Gasteiger partial charge in [0.1, 0.15) is 11.5 Å². The number of phenolic OH excluding ortho intramolecular Hbond substituents is 2. The molecule has 2 heteroatoms. The quantitative estimate of drug-likeness (QED) is 0.680. The Hall–Kier alpha value is -1.18. The van der Waals surface area contributed by atoms with Crippen molar-refractivity contribution in [1.29, 1.82) is 0 Å². The SMILES string of the molecule is CC1(CCCc2ccc(O)c(CCCC3(C)CC3)c2O)CC1. The molecule has 0 bridgehead atoms. The summed E-state index contributed by atoms with van der Waals surface area (Å²) in [5.74, 6) is 0.609. The molecule has 0 unspecified atom stereocenters. The summed E-state index contributed by atoms with van der Waals surface area (Å²) in [4.78, 5) is 0. The molecular weight excluding hydrogens is 272 g/mol. The summed E-state index contributed by atoms with van der Waals surface area (Å²) in [5, 5.41) is 20.6. The second kappa shape index (κ2) is 5.79. The first-order valence-electron chi connectivity index (χ1n) is 8.94. The van der Waals surface area contributed by atoms with E-state index in [1.807, 2.05) is 6.07 Å². The summed E-state index contributed by atoms with van der Waals surface area (Å²) >= 11 is 0. The maximum atomic E-state index is 10.5. The molecule has 0 saturated heterocycles. The molecule has 1 aromatic rings. The summed E-state index contributed by atoms with van der Waals surface area (Å²) in [6.07, 6.45) is 11.7. The van der Waals surface area contributed by atoms with Crippen molar-refractivity contribution in [3.8, 4) is 11.5 Å². The van der Waals surface area contributed by atoms with Crippen molar-refractivity contribution in [2.45, 2.75) is 78.1 Å². The third-order valence-electron chi connectivity index (χ3n) is 5.98. The Labute approximate surface area is 134 Å². The van der Waals surface area contributed by atoms with Gasteiger partial charge in [0.15, 0.2) is 0 Å². The molecule has 2 saturated carbocycles. The molecule has 2 fully saturated rings. The lowest BCUT2D eigenvalue weighted by Gasteiger charge is -2.14. The van der Waals surface area contributed by atoms with E-state index in [-0.39, 0.29) is 5.75 Å². The van der Waals surface area contributed by atoms with Gasteiger partial charge in [0.05, 0.1) is 0 Å². The van der Waals surface area contributed by atoms with Gasteiger partial charge in [0.25, 0.3) is 0 Å². The van der Waals surface area contributed by atoms with Gasteiger partial charge in [-0.25, -0.2) is 0 Å². The van der Waals surface area contributed by atoms with Crippen molar-refractivity contribution < 1.29 is 10.2 Å². The molecule has 2 aliphatic rings. The first kappa shape index (κ1) is 15.7. The fourth-order valence-corrected chi connectivity index (χ4v) is 3.45. The summed E-state index contributed by atoms with van der Waals surface area (Å²) in [6, 6.07) is 3.66. The number of hydrogen-bond donors (Lipinski definition) is 2. The van der Waals surface area contributed by atoms with E-state index in [0.29, 0.717) is 16.6 Å². The van der Waals surface area contributed by atoms with Crippen molar-refractivity contribution in [2.75, 3.05) is 0 Å². The minimum atomic E-state index is 0.261. The molecule has 0 aliphatic heterocycles. The van der Waals surface area contributed by atoms with E-state index in [2.05, 4.69) is 13.8 Å². The second-order valence-electron chi connectivity index (χ2n) is 8.40. The molecule has 0 aromatic heterocycles. The average Bonchev–Trinajstić information content (AvgIpc) is 3.38. The summed E-state index contributed by atoms with van der Waals surface area (Å²) in [7, 11) is 0. The number of aromatic hydroxyl groups is 2. The van der Waals surface area contributed by atoms with Gasteiger partial charge in [-0.2, -0.15) is 0 Å². The van der Waals surface area contributed by atoms with Crippen molar-refractivity contribution in [2.24, 2.45) is 10.8 Å².